The lowest BCUT2D eigenvalue weighted by molar-refractivity contribution is -0.121. The summed E-state index contributed by atoms with van der Waals surface area (Å²) < 4.78 is 1.82. The number of fused-ring (bicyclic) bond motifs is 2. The van der Waals surface area contributed by atoms with E-state index in [2.05, 4.69) is 26.8 Å². The normalized spacial score (nSPS) is 15.8. The van der Waals surface area contributed by atoms with E-state index in [0.29, 0.717) is 31.5 Å². The summed E-state index contributed by atoms with van der Waals surface area (Å²) in [4.78, 5) is 27.7. The van der Waals surface area contributed by atoms with Crippen LogP contribution in [0.1, 0.15) is 42.0 Å². The van der Waals surface area contributed by atoms with E-state index >= 15 is 0 Å². The first-order valence-electron chi connectivity index (χ1n) is 9.71. The van der Waals surface area contributed by atoms with Gasteiger partial charge in [-0.1, -0.05) is 18.2 Å². The highest BCUT2D eigenvalue weighted by Crippen LogP contribution is 2.20. The first-order chi connectivity index (χ1) is 13.5. The molecule has 3 heterocycles. The molecule has 0 saturated heterocycles. The lowest BCUT2D eigenvalue weighted by atomic mass is 10.1. The molecule has 1 unspecified atom stereocenters. The number of hydrogen-bond acceptors (Lipinski definition) is 3. The number of hydrogen-bond donors (Lipinski definition) is 3. The summed E-state index contributed by atoms with van der Waals surface area (Å²) in [7, 11) is 0. The Hall–Kier alpha value is -3.09. The summed E-state index contributed by atoms with van der Waals surface area (Å²) in [5.74, 6) is -0.116. The molecule has 7 heteroatoms. The summed E-state index contributed by atoms with van der Waals surface area (Å²) >= 11 is 0. The number of carbonyl (C=O) groups excluding carboxylic acids is 2. The average molecular weight is 379 g/mol. The van der Waals surface area contributed by atoms with Crippen LogP contribution in [0.3, 0.4) is 0 Å². The molecule has 3 N–H and O–H groups in total. The lowest BCUT2D eigenvalue weighted by Gasteiger charge is -2.12. The lowest BCUT2D eigenvalue weighted by Crippen LogP contribution is -2.36. The zero-order valence-electron chi connectivity index (χ0n) is 16.2. The maximum atomic E-state index is 12.4. The van der Waals surface area contributed by atoms with Gasteiger partial charge in [0.15, 0.2) is 0 Å². The van der Waals surface area contributed by atoms with Crippen LogP contribution in [-0.4, -0.2) is 38.7 Å². The van der Waals surface area contributed by atoms with Crippen LogP contribution < -0.4 is 10.6 Å². The summed E-state index contributed by atoms with van der Waals surface area (Å²) in [5, 5.41) is 11.5. The summed E-state index contributed by atoms with van der Waals surface area (Å²) in [6, 6.07) is 10.0. The van der Waals surface area contributed by atoms with E-state index in [-0.39, 0.29) is 23.9 Å². The predicted octanol–water partition coefficient (Wildman–Crippen LogP) is 2.18. The quantitative estimate of drug-likeness (QED) is 0.613. The van der Waals surface area contributed by atoms with Crippen LogP contribution in [0.2, 0.25) is 0 Å². The van der Waals surface area contributed by atoms with E-state index in [0.717, 1.165) is 16.8 Å². The van der Waals surface area contributed by atoms with Crippen molar-refractivity contribution in [3.05, 3.63) is 53.5 Å². The monoisotopic (exact) mass is 379 g/mol. The number of aromatic nitrogens is 3. The fourth-order valence-electron chi connectivity index (χ4n) is 3.73. The second-order valence-corrected chi connectivity index (χ2v) is 7.66. The Bertz CT molecular complexity index is 993. The number of rotatable bonds is 6. The molecular weight excluding hydrogens is 354 g/mol. The minimum atomic E-state index is -0.156. The Labute approximate surface area is 163 Å². The van der Waals surface area contributed by atoms with Gasteiger partial charge in [0.25, 0.3) is 5.91 Å². The summed E-state index contributed by atoms with van der Waals surface area (Å²) in [5.41, 5.74) is 3.67. The molecule has 1 atom stereocenters. The van der Waals surface area contributed by atoms with Crippen molar-refractivity contribution in [2.75, 3.05) is 0 Å². The molecule has 7 nitrogen and oxygen atoms in total. The van der Waals surface area contributed by atoms with E-state index in [1.807, 2.05) is 49.0 Å². The third kappa shape index (κ3) is 3.78. The molecule has 0 radical (unpaired) electrons. The molecule has 0 saturated carbocycles. The zero-order valence-corrected chi connectivity index (χ0v) is 16.2. The van der Waals surface area contributed by atoms with Gasteiger partial charge in [0.1, 0.15) is 5.69 Å². The molecule has 0 spiro atoms. The molecule has 1 aromatic carbocycles. The molecule has 0 fully saturated rings. The first-order valence-corrected chi connectivity index (χ1v) is 9.71. The topological polar surface area (TPSA) is 91.8 Å². The number of nitrogens with zero attached hydrogens (tertiary/aromatic N) is 2. The Balaban J connectivity index is 1.29. The van der Waals surface area contributed by atoms with Crippen molar-refractivity contribution >= 4 is 22.7 Å². The third-order valence-electron chi connectivity index (χ3n) is 5.03. The summed E-state index contributed by atoms with van der Waals surface area (Å²) in [6.07, 6.45) is 3.82. The van der Waals surface area contributed by atoms with Crippen molar-refractivity contribution in [2.24, 2.45) is 0 Å². The van der Waals surface area contributed by atoms with E-state index in [4.69, 9.17) is 0 Å². The number of benzene rings is 1. The largest absolute Gasteiger partial charge is 0.361 e. The molecular formula is C21H25N5O2. The number of aromatic amines is 1. The van der Waals surface area contributed by atoms with Crippen molar-refractivity contribution < 1.29 is 9.59 Å². The van der Waals surface area contributed by atoms with Crippen LogP contribution in [0, 0.1) is 0 Å². The smallest absolute Gasteiger partial charge is 0.271 e. The van der Waals surface area contributed by atoms with Gasteiger partial charge in [-0.2, -0.15) is 5.10 Å². The van der Waals surface area contributed by atoms with Gasteiger partial charge in [0, 0.05) is 41.7 Å². The number of carbonyl (C=O) groups is 2. The highest BCUT2D eigenvalue weighted by atomic mass is 16.2. The SMILES string of the molecule is CC(C)NC(=O)c1cc2n(n1)CC(NC(=O)CCc1c[nH]c3ccccc13)C2. The molecule has 28 heavy (non-hydrogen) atoms. The van der Waals surface area contributed by atoms with Crippen LogP contribution >= 0.6 is 0 Å². The van der Waals surface area contributed by atoms with E-state index < -0.39 is 0 Å². The van der Waals surface area contributed by atoms with Crippen LogP contribution in [-0.2, 0) is 24.2 Å². The van der Waals surface area contributed by atoms with Gasteiger partial charge in [-0.3, -0.25) is 14.3 Å². The number of para-hydroxylation sites is 1. The van der Waals surface area contributed by atoms with Gasteiger partial charge < -0.3 is 15.6 Å². The first kappa shape index (κ1) is 18.3. The van der Waals surface area contributed by atoms with Gasteiger partial charge in [-0.05, 0) is 38.0 Å². The third-order valence-corrected chi connectivity index (χ3v) is 5.03. The number of nitrogens with one attached hydrogen (secondary N) is 3. The van der Waals surface area contributed by atoms with Crippen LogP contribution in [0.4, 0.5) is 0 Å². The maximum Gasteiger partial charge on any atom is 0.271 e. The predicted molar refractivity (Wildman–Crippen MR) is 107 cm³/mol. The molecule has 1 aliphatic rings. The Morgan fingerprint density at radius 1 is 1.32 bits per heavy atom. The minimum absolute atomic E-state index is 0.0279. The molecule has 146 valence electrons. The Morgan fingerprint density at radius 2 is 2.14 bits per heavy atom. The minimum Gasteiger partial charge on any atom is -0.361 e. The number of H-pyrrole nitrogens is 1. The van der Waals surface area contributed by atoms with Gasteiger partial charge in [-0.15, -0.1) is 0 Å². The van der Waals surface area contributed by atoms with E-state index in [1.165, 1.54) is 5.39 Å². The second kappa shape index (κ2) is 7.50. The highest BCUT2D eigenvalue weighted by Gasteiger charge is 2.26. The van der Waals surface area contributed by atoms with Crippen molar-refractivity contribution in [1.82, 2.24) is 25.4 Å². The molecule has 4 rings (SSSR count). The van der Waals surface area contributed by atoms with E-state index in [1.54, 1.807) is 0 Å². The van der Waals surface area contributed by atoms with Crippen LogP contribution in [0.15, 0.2) is 36.5 Å². The maximum absolute atomic E-state index is 12.4. The van der Waals surface area contributed by atoms with Gasteiger partial charge in [0.2, 0.25) is 5.91 Å². The molecule has 0 bridgehead atoms. The van der Waals surface area contributed by atoms with Gasteiger partial charge >= 0.3 is 0 Å². The molecule has 0 aliphatic carbocycles. The molecule has 3 aromatic rings. The van der Waals surface area contributed by atoms with Crippen LogP contribution in [0.25, 0.3) is 10.9 Å². The van der Waals surface area contributed by atoms with Crippen molar-refractivity contribution in [3.8, 4) is 0 Å². The van der Waals surface area contributed by atoms with Crippen molar-refractivity contribution in [1.29, 1.82) is 0 Å². The summed E-state index contributed by atoms with van der Waals surface area (Å²) in [6.45, 7) is 4.44. The molecule has 1 aliphatic heterocycles. The highest BCUT2D eigenvalue weighted by molar-refractivity contribution is 5.92. The fraction of sp³-hybridized carbons (Fsp3) is 0.381. The molecule has 2 aromatic heterocycles. The Kier molecular flexibility index (Phi) is 4.90. The standard InChI is InChI=1S/C21H25N5O2/c1-13(2)23-21(28)19-10-16-9-15(12-26(16)25-19)24-20(27)8-7-14-11-22-18-6-4-3-5-17(14)18/h3-6,10-11,13,15,22H,7-9,12H2,1-2H3,(H,23,28)(H,24,27). The number of amides is 2. The van der Waals surface area contributed by atoms with Crippen LogP contribution in [0.5, 0.6) is 0 Å². The molecule has 2 amide bonds. The Morgan fingerprint density at radius 3 is 2.93 bits per heavy atom. The average Bonchev–Trinajstić information content (AvgIpc) is 3.32. The van der Waals surface area contributed by atoms with Crippen molar-refractivity contribution in [2.45, 2.75) is 51.7 Å². The number of aryl methyl sites for hydroxylation is 1. The second-order valence-electron chi connectivity index (χ2n) is 7.66. The van der Waals surface area contributed by atoms with Gasteiger partial charge in [0.05, 0.1) is 12.6 Å². The van der Waals surface area contributed by atoms with Crippen molar-refractivity contribution in [3.63, 3.8) is 0 Å². The fourth-order valence-corrected chi connectivity index (χ4v) is 3.73. The van der Waals surface area contributed by atoms with Gasteiger partial charge in [-0.25, -0.2) is 0 Å². The van der Waals surface area contributed by atoms with E-state index in [9.17, 15) is 9.59 Å². The zero-order chi connectivity index (χ0) is 19.7.